The second kappa shape index (κ2) is 8.02. The van der Waals surface area contributed by atoms with Crippen molar-refractivity contribution in [2.45, 2.75) is 83.3 Å². The zero-order valence-electron chi connectivity index (χ0n) is 18.1. The standard InChI is InChI=1S/C25H36FNO2/c1-15(27-3)6-4-5-7-16-12-17-13-18(28)8-9-19(17)24-21(26)14-25(2)20(23(16)24)10-11-22(25)29/h8-9,13,15-16,20-21,23-24,27-28H,4-7,10-12,14H2,1-3H3/t15?,16?,20-,21?,23-,24-,25-/m0/s1. The molecule has 0 aliphatic heterocycles. The molecule has 29 heavy (non-hydrogen) atoms. The number of halogens is 1. The number of carbonyl (C=O) groups is 1. The van der Waals surface area contributed by atoms with E-state index in [-0.39, 0.29) is 23.4 Å². The van der Waals surface area contributed by atoms with Crippen LogP contribution in [0.4, 0.5) is 4.39 Å². The van der Waals surface area contributed by atoms with Crippen LogP contribution in [0.15, 0.2) is 18.2 Å². The van der Waals surface area contributed by atoms with Crippen molar-refractivity contribution < 1.29 is 14.3 Å². The molecule has 4 rings (SSSR count). The van der Waals surface area contributed by atoms with Gasteiger partial charge in [0.2, 0.25) is 0 Å². The molecule has 2 fully saturated rings. The maximum atomic E-state index is 15.6. The number of fused-ring (bicyclic) bond motifs is 5. The molecule has 0 radical (unpaired) electrons. The molecule has 160 valence electrons. The zero-order chi connectivity index (χ0) is 20.8. The fraction of sp³-hybridized carbons (Fsp3) is 0.720. The highest BCUT2D eigenvalue weighted by Crippen LogP contribution is 2.62. The normalized spacial score (nSPS) is 37.0. The van der Waals surface area contributed by atoms with Crippen molar-refractivity contribution in [2.75, 3.05) is 7.05 Å². The van der Waals surface area contributed by atoms with E-state index in [1.165, 1.54) is 6.42 Å². The van der Waals surface area contributed by atoms with E-state index in [1.807, 2.05) is 26.1 Å². The molecule has 0 aromatic heterocycles. The molecular formula is C25H36FNO2. The van der Waals surface area contributed by atoms with Gasteiger partial charge in [0, 0.05) is 23.8 Å². The number of unbranched alkanes of at least 4 members (excludes halogenated alkanes) is 1. The highest BCUT2D eigenvalue weighted by Gasteiger charge is 2.60. The molecule has 0 heterocycles. The van der Waals surface area contributed by atoms with Gasteiger partial charge in [-0.15, -0.1) is 0 Å². The number of ketones is 1. The Morgan fingerprint density at radius 2 is 2.14 bits per heavy atom. The Kier molecular flexibility index (Phi) is 5.76. The lowest BCUT2D eigenvalue weighted by molar-refractivity contribution is -0.132. The largest absolute Gasteiger partial charge is 0.508 e. The van der Waals surface area contributed by atoms with Gasteiger partial charge >= 0.3 is 0 Å². The number of Topliss-reactive ketones (excluding diaryl/α,β-unsaturated/α-hetero) is 1. The molecule has 7 atom stereocenters. The van der Waals surface area contributed by atoms with Crippen molar-refractivity contribution in [3.63, 3.8) is 0 Å². The summed E-state index contributed by atoms with van der Waals surface area (Å²) in [6.45, 7) is 4.24. The predicted molar refractivity (Wildman–Crippen MR) is 114 cm³/mol. The van der Waals surface area contributed by atoms with Crippen LogP contribution in [-0.2, 0) is 11.2 Å². The molecule has 0 spiro atoms. The van der Waals surface area contributed by atoms with E-state index in [2.05, 4.69) is 12.2 Å². The highest BCUT2D eigenvalue weighted by molar-refractivity contribution is 5.87. The molecule has 1 aromatic rings. The first kappa shape index (κ1) is 20.8. The summed E-state index contributed by atoms with van der Waals surface area (Å²) in [5, 5.41) is 13.3. The number of hydrogen-bond acceptors (Lipinski definition) is 3. The topological polar surface area (TPSA) is 49.3 Å². The van der Waals surface area contributed by atoms with Crippen LogP contribution in [-0.4, -0.2) is 30.2 Å². The number of rotatable bonds is 6. The number of nitrogens with one attached hydrogen (secondary N) is 1. The van der Waals surface area contributed by atoms with E-state index in [9.17, 15) is 9.90 Å². The Hall–Kier alpha value is -1.42. The predicted octanol–water partition coefficient (Wildman–Crippen LogP) is 5.16. The summed E-state index contributed by atoms with van der Waals surface area (Å²) in [6, 6.07) is 6.02. The average molecular weight is 402 g/mol. The Balaban J connectivity index is 1.62. The molecule has 3 nitrogen and oxygen atoms in total. The molecule has 0 bridgehead atoms. The molecule has 4 heteroatoms. The highest BCUT2D eigenvalue weighted by atomic mass is 19.1. The number of phenols is 1. The van der Waals surface area contributed by atoms with E-state index in [0.29, 0.717) is 30.7 Å². The van der Waals surface area contributed by atoms with Gasteiger partial charge in [-0.2, -0.15) is 0 Å². The number of phenolic OH excluding ortho intramolecular Hbond substituents is 1. The quantitative estimate of drug-likeness (QED) is 0.647. The number of hydrogen-bond donors (Lipinski definition) is 2. The summed E-state index contributed by atoms with van der Waals surface area (Å²) in [4.78, 5) is 12.7. The molecular weight excluding hydrogens is 365 g/mol. The third-order valence-electron chi connectivity index (χ3n) is 8.49. The Morgan fingerprint density at radius 1 is 1.34 bits per heavy atom. The van der Waals surface area contributed by atoms with E-state index in [0.717, 1.165) is 43.2 Å². The van der Waals surface area contributed by atoms with Crippen molar-refractivity contribution in [1.82, 2.24) is 5.32 Å². The minimum Gasteiger partial charge on any atom is -0.508 e. The minimum atomic E-state index is -0.973. The molecule has 0 saturated heterocycles. The molecule has 2 N–H and O–H groups in total. The van der Waals surface area contributed by atoms with Crippen LogP contribution in [0.1, 0.15) is 75.8 Å². The molecule has 2 saturated carbocycles. The lowest BCUT2D eigenvalue weighted by atomic mass is 9.51. The molecule has 3 aliphatic carbocycles. The second-order valence-corrected chi connectivity index (χ2v) is 10.1. The Labute approximate surface area is 174 Å². The monoisotopic (exact) mass is 401 g/mol. The van der Waals surface area contributed by atoms with Crippen molar-refractivity contribution in [2.24, 2.45) is 23.2 Å². The van der Waals surface area contributed by atoms with Crippen LogP contribution < -0.4 is 5.32 Å². The SMILES string of the molecule is CNC(C)CCCCC1Cc2cc(O)ccc2[C@H]2C(F)C[C@]3(C)C(=O)CC[C@H]3[C@H]12. The molecule has 3 unspecified atom stereocenters. The van der Waals surface area contributed by atoms with Crippen LogP contribution >= 0.6 is 0 Å². The van der Waals surface area contributed by atoms with E-state index < -0.39 is 11.6 Å². The van der Waals surface area contributed by atoms with Gasteiger partial charge in [0.25, 0.3) is 0 Å². The minimum absolute atomic E-state index is 0.121. The van der Waals surface area contributed by atoms with Gasteiger partial charge in [-0.05, 0) is 87.1 Å². The maximum absolute atomic E-state index is 15.6. The summed E-state index contributed by atoms with van der Waals surface area (Å²) in [5.41, 5.74) is 1.73. The van der Waals surface area contributed by atoms with Gasteiger partial charge < -0.3 is 10.4 Å². The van der Waals surface area contributed by atoms with Crippen molar-refractivity contribution in [3.05, 3.63) is 29.3 Å². The van der Waals surface area contributed by atoms with Gasteiger partial charge in [0.1, 0.15) is 17.7 Å². The van der Waals surface area contributed by atoms with Gasteiger partial charge in [-0.3, -0.25) is 4.79 Å². The number of alkyl halides is 1. The lowest BCUT2D eigenvalue weighted by Crippen LogP contribution is -2.50. The Morgan fingerprint density at radius 3 is 2.90 bits per heavy atom. The van der Waals surface area contributed by atoms with Crippen LogP contribution in [0.2, 0.25) is 0 Å². The van der Waals surface area contributed by atoms with E-state index in [1.54, 1.807) is 6.07 Å². The summed E-state index contributed by atoms with van der Waals surface area (Å²) < 4.78 is 15.6. The van der Waals surface area contributed by atoms with Crippen molar-refractivity contribution in [3.8, 4) is 5.75 Å². The van der Waals surface area contributed by atoms with E-state index >= 15 is 4.39 Å². The first-order chi connectivity index (χ1) is 13.8. The first-order valence-electron chi connectivity index (χ1n) is 11.5. The van der Waals surface area contributed by atoms with Crippen LogP contribution in [0, 0.1) is 23.2 Å². The third-order valence-corrected chi connectivity index (χ3v) is 8.49. The number of benzene rings is 1. The zero-order valence-corrected chi connectivity index (χ0v) is 18.1. The van der Waals surface area contributed by atoms with Gasteiger partial charge in [0.05, 0.1) is 0 Å². The summed E-state index contributed by atoms with van der Waals surface area (Å²) in [6.07, 6.45) is 6.38. The fourth-order valence-electron chi connectivity index (χ4n) is 6.84. The molecule has 1 aromatic carbocycles. The van der Waals surface area contributed by atoms with Crippen molar-refractivity contribution in [1.29, 1.82) is 0 Å². The molecule has 3 aliphatic rings. The average Bonchev–Trinajstić information content (AvgIpc) is 2.98. The van der Waals surface area contributed by atoms with Crippen LogP contribution in [0.5, 0.6) is 5.75 Å². The van der Waals surface area contributed by atoms with Gasteiger partial charge in [0.15, 0.2) is 0 Å². The fourth-order valence-corrected chi connectivity index (χ4v) is 6.84. The molecule has 0 amide bonds. The van der Waals surface area contributed by atoms with Gasteiger partial charge in [-0.25, -0.2) is 4.39 Å². The summed E-state index contributed by atoms with van der Waals surface area (Å²) >= 11 is 0. The van der Waals surface area contributed by atoms with Gasteiger partial charge in [-0.1, -0.05) is 25.8 Å². The maximum Gasteiger partial charge on any atom is 0.139 e. The summed E-state index contributed by atoms with van der Waals surface area (Å²) in [5.74, 6) is 1.37. The first-order valence-corrected chi connectivity index (χ1v) is 11.5. The van der Waals surface area contributed by atoms with E-state index in [4.69, 9.17) is 0 Å². The number of carbonyl (C=O) groups excluding carboxylic acids is 1. The van der Waals surface area contributed by atoms with Crippen LogP contribution in [0.3, 0.4) is 0 Å². The number of aromatic hydroxyl groups is 1. The third kappa shape index (κ3) is 3.62. The van der Waals surface area contributed by atoms with Crippen LogP contribution in [0.25, 0.3) is 0 Å². The van der Waals surface area contributed by atoms with Crippen molar-refractivity contribution >= 4 is 5.78 Å². The lowest BCUT2D eigenvalue weighted by Gasteiger charge is -2.53. The smallest absolute Gasteiger partial charge is 0.139 e. The Bertz CT molecular complexity index is 765. The summed E-state index contributed by atoms with van der Waals surface area (Å²) in [7, 11) is 2.00. The second-order valence-electron chi connectivity index (χ2n) is 10.1.